The second kappa shape index (κ2) is 5.93. The number of thiazole rings is 1. The van der Waals surface area contributed by atoms with Crippen molar-refractivity contribution < 1.29 is 9.90 Å². The summed E-state index contributed by atoms with van der Waals surface area (Å²) in [6.45, 7) is 4.14. The number of rotatable bonds is 5. The smallest absolute Gasteiger partial charge is 0.303 e. The number of nitrogens with zero attached hydrogens (tertiary/aromatic N) is 2. The van der Waals surface area contributed by atoms with Crippen molar-refractivity contribution in [2.75, 3.05) is 0 Å². The number of hydrogen-bond donors (Lipinski definition) is 1. The van der Waals surface area contributed by atoms with E-state index in [-0.39, 0.29) is 12.3 Å². The molecule has 4 nitrogen and oxygen atoms in total. The van der Waals surface area contributed by atoms with Crippen LogP contribution < -0.4 is 0 Å². The molecule has 0 bridgehead atoms. The van der Waals surface area contributed by atoms with Gasteiger partial charge in [-0.15, -0.1) is 11.3 Å². The molecule has 0 saturated carbocycles. The van der Waals surface area contributed by atoms with E-state index in [2.05, 4.69) is 23.8 Å². The third-order valence-corrected chi connectivity index (χ3v) is 3.88. The van der Waals surface area contributed by atoms with Crippen LogP contribution in [0, 0.1) is 0 Å². The van der Waals surface area contributed by atoms with Gasteiger partial charge in [0.15, 0.2) is 0 Å². The summed E-state index contributed by atoms with van der Waals surface area (Å²) in [6.07, 6.45) is 2.42. The van der Waals surface area contributed by atoms with Crippen molar-refractivity contribution in [3.05, 3.63) is 35.0 Å². The Morgan fingerprint density at radius 3 is 2.79 bits per heavy atom. The van der Waals surface area contributed by atoms with Gasteiger partial charge in [-0.3, -0.25) is 9.78 Å². The zero-order chi connectivity index (χ0) is 13.8. The first-order valence-corrected chi connectivity index (χ1v) is 7.02. The molecule has 19 heavy (non-hydrogen) atoms. The van der Waals surface area contributed by atoms with Crippen molar-refractivity contribution in [1.29, 1.82) is 0 Å². The van der Waals surface area contributed by atoms with E-state index >= 15 is 0 Å². The molecule has 0 unspecified atom stereocenters. The number of carboxylic acid groups (broad SMARTS) is 1. The molecule has 0 radical (unpaired) electrons. The minimum Gasteiger partial charge on any atom is -0.481 e. The van der Waals surface area contributed by atoms with Gasteiger partial charge < -0.3 is 5.11 Å². The lowest BCUT2D eigenvalue weighted by atomic mass is 10.1. The van der Waals surface area contributed by atoms with Crippen LogP contribution >= 0.6 is 11.3 Å². The topological polar surface area (TPSA) is 63.1 Å². The van der Waals surface area contributed by atoms with Gasteiger partial charge in [-0.25, -0.2) is 4.98 Å². The fourth-order valence-corrected chi connectivity index (χ4v) is 3.01. The normalized spacial score (nSPS) is 10.9. The first-order chi connectivity index (χ1) is 9.08. The van der Waals surface area contributed by atoms with E-state index in [4.69, 9.17) is 5.11 Å². The first kappa shape index (κ1) is 13.7. The highest BCUT2D eigenvalue weighted by molar-refractivity contribution is 7.15. The Hall–Kier alpha value is -1.75. The average Bonchev–Trinajstić information content (AvgIpc) is 2.81. The van der Waals surface area contributed by atoms with E-state index in [1.165, 1.54) is 0 Å². The second-order valence-corrected chi connectivity index (χ2v) is 5.67. The van der Waals surface area contributed by atoms with Gasteiger partial charge in [-0.05, 0) is 24.5 Å². The molecule has 0 aromatic carbocycles. The molecule has 2 heterocycles. The van der Waals surface area contributed by atoms with E-state index in [0.29, 0.717) is 6.42 Å². The van der Waals surface area contributed by atoms with Gasteiger partial charge in [-0.1, -0.05) is 19.9 Å². The van der Waals surface area contributed by atoms with Gasteiger partial charge in [0.25, 0.3) is 0 Å². The van der Waals surface area contributed by atoms with Crippen molar-refractivity contribution in [2.45, 2.75) is 32.6 Å². The lowest BCUT2D eigenvalue weighted by Crippen LogP contribution is -1.99. The third kappa shape index (κ3) is 3.38. The Kier molecular flexibility index (Phi) is 4.27. The largest absolute Gasteiger partial charge is 0.481 e. The standard InChI is InChI=1S/C14H16N2O2S/c1-9(2)13-11(6-7-12(17)18)19-14(16-13)10-5-3-4-8-15-10/h3-5,8-9H,6-7H2,1-2H3,(H,17,18). The number of carboxylic acids is 1. The van der Waals surface area contributed by atoms with Crippen LogP contribution in [-0.4, -0.2) is 21.0 Å². The summed E-state index contributed by atoms with van der Waals surface area (Å²) in [5, 5.41) is 9.67. The Morgan fingerprint density at radius 1 is 1.42 bits per heavy atom. The van der Waals surface area contributed by atoms with Crippen LogP contribution in [0.25, 0.3) is 10.7 Å². The molecule has 2 aromatic rings. The Bertz CT molecular complexity index is 564. The van der Waals surface area contributed by atoms with Crippen LogP contribution in [0.2, 0.25) is 0 Å². The van der Waals surface area contributed by atoms with Crippen molar-refractivity contribution in [3.8, 4) is 10.7 Å². The van der Waals surface area contributed by atoms with Crippen molar-refractivity contribution >= 4 is 17.3 Å². The molecule has 5 heteroatoms. The highest BCUT2D eigenvalue weighted by Crippen LogP contribution is 2.31. The Morgan fingerprint density at radius 2 is 2.21 bits per heavy atom. The zero-order valence-electron chi connectivity index (χ0n) is 11.0. The summed E-state index contributed by atoms with van der Waals surface area (Å²) in [5.74, 6) is -0.486. The third-order valence-electron chi connectivity index (χ3n) is 2.72. The second-order valence-electron chi connectivity index (χ2n) is 4.59. The molecule has 100 valence electrons. The number of aryl methyl sites for hydroxylation is 1. The van der Waals surface area contributed by atoms with Crippen LogP contribution in [0.1, 0.15) is 36.8 Å². The maximum Gasteiger partial charge on any atom is 0.303 e. The van der Waals surface area contributed by atoms with E-state index in [1.807, 2.05) is 18.2 Å². The maximum atomic E-state index is 10.7. The maximum absolute atomic E-state index is 10.7. The lowest BCUT2D eigenvalue weighted by molar-refractivity contribution is -0.136. The molecule has 0 aliphatic rings. The van der Waals surface area contributed by atoms with Crippen LogP contribution in [0.5, 0.6) is 0 Å². The molecule has 2 aromatic heterocycles. The monoisotopic (exact) mass is 276 g/mol. The van der Waals surface area contributed by atoms with Crippen molar-refractivity contribution in [3.63, 3.8) is 0 Å². The van der Waals surface area contributed by atoms with Crippen LogP contribution in [-0.2, 0) is 11.2 Å². The number of pyridine rings is 1. The first-order valence-electron chi connectivity index (χ1n) is 6.20. The van der Waals surface area contributed by atoms with Crippen LogP contribution in [0.15, 0.2) is 24.4 Å². The highest BCUT2D eigenvalue weighted by Gasteiger charge is 2.16. The quantitative estimate of drug-likeness (QED) is 0.909. The molecular weight excluding hydrogens is 260 g/mol. The SMILES string of the molecule is CC(C)c1nc(-c2ccccn2)sc1CCC(=O)O. The summed E-state index contributed by atoms with van der Waals surface area (Å²) in [5.41, 5.74) is 1.84. The minimum atomic E-state index is -0.775. The lowest BCUT2D eigenvalue weighted by Gasteiger charge is -2.03. The molecular formula is C14H16N2O2S. The van der Waals surface area contributed by atoms with E-state index in [1.54, 1.807) is 17.5 Å². The fraction of sp³-hybridized carbons (Fsp3) is 0.357. The number of hydrogen-bond acceptors (Lipinski definition) is 4. The molecule has 0 amide bonds. The Balaban J connectivity index is 2.32. The molecule has 0 atom stereocenters. The molecule has 2 rings (SSSR count). The molecule has 0 saturated heterocycles. The predicted octanol–water partition coefficient (Wildman–Crippen LogP) is 3.35. The molecule has 1 N–H and O–H groups in total. The van der Waals surface area contributed by atoms with Gasteiger partial charge in [0.05, 0.1) is 17.8 Å². The summed E-state index contributed by atoms with van der Waals surface area (Å²) < 4.78 is 0. The summed E-state index contributed by atoms with van der Waals surface area (Å²) >= 11 is 1.55. The van der Waals surface area contributed by atoms with Crippen LogP contribution in [0.3, 0.4) is 0 Å². The summed E-state index contributed by atoms with van der Waals surface area (Å²) in [6, 6.07) is 5.71. The minimum absolute atomic E-state index is 0.142. The van der Waals surface area contributed by atoms with Gasteiger partial charge in [0, 0.05) is 11.1 Å². The van der Waals surface area contributed by atoms with E-state index < -0.39 is 5.97 Å². The molecule has 0 aliphatic heterocycles. The zero-order valence-corrected chi connectivity index (χ0v) is 11.8. The number of aromatic nitrogens is 2. The van der Waals surface area contributed by atoms with Crippen molar-refractivity contribution in [1.82, 2.24) is 9.97 Å². The average molecular weight is 276 g/mol. The fourth-order valence-electron chi connectivity index (χ4n) is 1.81. The van der Waals surface area contributed by atoms with E-state index in [0.717, 1.165) is 21.3 Å². The van der Waals surface area contributed by atoms with E-state index in [9.17, 15) is 4.79 Å². The Labute approximate surface area is 116 Å². The predicted molar refractivity (Wildman–Crippen MR) is 75.4 cm³/mol. The number of carbonyl (C=O) groups is 1. The molecule has 0 fully saturated rings. The molecule has 0 spiro atoms. The number of aliphatic carboxylic acids is 1. The summed E-state index contributed by atoms with van der Waals surface area (Å²) in [7, 11) is 0. The molecule has 0 aliphatic carbocycles. The van der Waals surface area contributed by atoms with Gasteiger partial charge >= 0.3 is 5.97 Å². The summed E-state index contributed by atoms with van der Waals surface area (Å²) in [4.78, 5) is 20.7. The highest BCUT2D eigenvalue weighted by atomic mass is 32.1. The van der Waals surface area contributed by atoms with Gasteiger partial charge in [0.2, 0.25) is 0 Å². The van der Waals surface area contributed by atoms with Crippen LogP contribution in [0.4, 0.5) is 0 Å². The van der Waals surface area contributed by atoms with Crippen molar-refractivity contribution in [2.24, 2.45) is 0 Å². The van der Waals surface area contributed by atoms with Gasteiger partial charge in [0.1, 0.15) is 5.01 Å². The van der Waals surface area contributed by atoms with Gasteiger partial charge in [-0.2, -0.15) is 0 Å².